The largest absolute Gasteiger partial charge is 0.339 e. The van der Waals surface area contributed by atoms with E-state index in [1.165, 1.54) is 17.2 Å². The standard InChI is InChI=1S/C17H17N3O/c1-2-4-14-10-15(6-5-13(14)3-1)17-19-16(21-20-17)9-12-7-8-18-11-12/h1-6,10,12,18H,7-9,11H2. The lowest BCUT2D eigenvalue weighted by Gasteiger charge is -2.02. The van der Waals surface area contributed by atoms with Crippen LogP contribution in [0.15, 0.2) is 47.0 Å². The summed E-state index contributed by atoms with van der Waals surface area (Å²) in [7, 11) is 0. The van der Waals surface area contributed by atoms with Crippen molar-refractivity contribution in [1.29, 1.82) is 0 Å². The SMILES string of the molecule is c1ccc2cc(-c3noc(CC4CCNC4)n3)ccc2c1. The topological polar surface area (TPSA) is 51.0 Å². The van der Waals surface area contributed by atoms with Crippen molar-refractivity contribution in [3.05, 3.63) is 48.4 Å². The minimum Gasteiger partial charge on any atom is -0.339 e. The van der Waals surface area contributed by atoms with E-state index in [0.717, 1.165) is 31.0 Å². The van der Waals surface area contributed by atoms with Gasteiger partial charge in [0.2, 0.25) is 11.7 Å². The van der Waals surface area contributed by atoms with Crippen molar-refractivity contribution in [3.63, 3.8) is 0 Å². The number of benzene rings is 2. The van der Waals surface area contributed by atoms with E-state index in [9.17, 15) is 0 Å². The molecule has 1 saturated heterocycles. The predicted octanol–water partition coefficient (Wildman–Crippen LogP) is 3.04. The van der Waals surface area contributed by atoms with Crippen LogP contribution in [0.5, 0.6) is 0 Å². The Morgan fingerprint density at radius 2 is 2.05 bits per heavy atom. The highest BCUT2D eigenvalue weighted by Gasteiger charge is 2.18. The molecule has 1 aliphatic heterocycles. The Labute approximate surface area is 123 Å². The third-order valence-corrected chi connectivity index (χ3v) is 4.10. The van der Waals surface area contributed by atoms with Crippen LogP contribution in [0, 0.1) is 5.92 Å². The second kappa shape index (κ2) is 5.30. The Morgan fingerprint density at radius 3 is 2.90 bits per heavy atom. The molecule has 0 radical (unpaired) electrons. The van der Waals surface area contributed by atoms with Crippen molar-refractivity contribution < 1.29 is 4.52 Å². The summed E-state index contributed by atoms with van der Waals surface area (Å²) in [5.41, 5.74) is 1.01. The summed E-state index contributed by atoms with van der Waals surface area (Å²) in [6.45, 7) is 2.14. The van der Waals surface area contributed by atoms with E-state index >= 15 is 0 Å². The molecule has 1 unspecified atom stereocenters. The fourth-order valence-corrected chi connectivity index (χ4v) is 2.92. The maximum Gasteiger partial charge on any atom is 0.227 e. The van der Waals surface area contributed by atoms with E-state index in [1.54, 1.807) is 0 Å². The highest BCUT2D eigenvalue weighted by atomic mass is 16.5. The Balaban J connectivity index is 1.61. The molecule has 4 heteroatoms. The monoisotopic (exact) mass is 279 g/mol. The normalized spacial score (nSPS) is 18.4. The summed E-state index contributed by atoms with van der Waals surface area (Å²) >= 11 is 0. The summed E-state index contributed by atoms with van der Waals surface area (Å²) < 4.78 is 5.40. The second-order valence-electron chi connectivity index (χ2n) is 5.64. The first-order chi connectivity index (χ1) is 10.4. The molecule has 3 aromatic rings. The van der Waals surface area contributed by atoms with Crippen molar-refractivity contribution in [3.8, 4) is 11.4 Å². The van der Waals surface area contributed by atoms with Gasteiger partial charge in [0.15, 0.2) is 0 Å². The number of rotatable bonds is 3. The van der Waals surface area contributed by atoms with Crippen molar-refractivity contribution >= 4 is 10.8 Å². The number of aromatic nitrogens is 2. The van der Waals surface area contributed by atoms with E-state index < -0.39 is 0 Å². The molecule has 0 aliphatic carbocycles. The molecule has 1 aromatic heterocycles. The molecular weight excluding hydrogens is 262 g/mol. The molecule has 0 spiro atoms. The lowest BCUT2D eigenvalue weighted by atomic mass is 10.1. The van der Waals surface area contributed by atoms with Gasteiger partial charge in [-0.05, 0) is 42.3 Å². The van der Waals surface area contributed by atoms with Crippen LogP contribution in [0.4, 0.5) is 0 Å². The summed E-state index contributed by atoms with van der Waals surface area (Å²) in [5, 5.41) is 9.91. The third-order valence-electron chi connectivity index (χ3n) is 4.10. The zero-order valence-electron chi connectivity index (χ0n) is 11.7. The van der Waals surface area contributed by atoms with Crippen LogP contribution in [0.1, 0.15) is 12.3 Å². The van der Waals surface area contributed by atoms with Gasteiger partial charge in [0.25, 0.3) is 0 Å². The van der Waals surface area contributed by atoms with E-state index in [-0.39, 0.29) is 0 Å². The van der Waals surface area contributed by atoms with Gasteiger partial charge in [-0.2, -0.15) is 4.98 Å². The molecule has 1 fully saturated rings. The Morgan fingerprint density at radius 1 is 1.14 bits per heavy atom. The molecule has 0 amide bonds. The zero-order chi connectivity index (χ0) is 14.1. The number of hydrogen-bond donors (Lipinski definition) is 1. The molecule has 21 heavy (non-hydrogen) atoms. The van der Waals surface area contributed by atoms with Crippen LogP contribution in [0.3, 0.4) is 0 Å². The van der Waals surface area contributed by atoms with Gasteiger partial charge in [0.1, 0.15) is 0 Å². The van der Waals surface area contributed by atoms with Crippen LogP contribution >= 0.6 is 0 Å². The van der Waals surface area contributed by atoms with E-state index in [4.69, 9.17) is 4.52 Å². The van der Waals surface area contributed by atoms with Crippen LogP contribution < -0.4 is 5.32 Å². The van der Waals surface area contributed by atoms with Crippen molar-refractivity contribution in [2.75, 3.05) is 13.1 Å². The Bertz CT molecular complexity index is 759. The molecule has 1 atom stereocenters. The summed E-state index contributed by atoms with van der Waals surface area (Å²) in [5.74, 6) is 2.04. The fraction of sp³-hybridized carbons (Fsp3) is 0.294. The molecule has 106 valence electrons. The highest BCUT2D eigenvalue weighted by molar-refractivity contribution is 5.86. The minimum atomic E-state index is 0.620. The smallest absolute Gasteiger partial charge is 0.227 e. The first kappa shape index (κ1) is 12.5. The minimum absolute atomic E-state index is 0.620. The Kier molecular flexibility index (Phi) is 3.16. The van der Waals surface area contributed by atoms with E-state index in [2.05, 4.69) is 39.7 Å². The lowest BCUT2D eigenvalue weighted by Crippen LogP contribution is -2.10. The molecule has 4 rings (SSSR count). The van der Waals surface area contributed by atoms with Crippen LogP contribution in [0.25, 0.3) is 22.2 Å². The van der Waals surface area contributed by atoms with Gasteiger partial charge in [0.05, 0.1) is 0 Å². The van der Waals surface area contributed by atoms with E-state index in [1.807, 2.05) is 18.2 Å². The molecule has 0 saturated carbocycles. The van der Waals surface area contributed by atoms with Gasteiger partial charge >= 0.3 is 0 Å². The maximum absolute atomic E-state index is 5.40. The van der Waals surface area contributed by atoms with Crippen molar-refractivity contribution in [2.24, 2.45) is 5.92 Å². The van der Waals surface area contributed by atoms with Gasteiger partial charge in [-0.25, -0.2) is 0 Å². The third kappa shape index (κ3) is 2.54. The molecule has 2 aromatic carbocycles. The first-order valence-electron chi connectivity index (χ1n) is 7.41. The Hall–Kier alpha value is -2.20. The molecule has 0 bridgehead atoms. The number of nitrogens with zero attached hydrogens (tertiary/aromatic N) is 2. The van der Waals surface area contributed by atoms with Crippen LogP contribution in [-0.2, 0) is 6.42 Å². The van der Waals surface area contributed by atoms with Gasteiger partial charge in [-0.15, -0.1) is 0 Å². The van der Waals surface area contributed by atoms with Gasteiger partial charge in [-0.3, -0.25) is 0 Å². The van der Waals surface area contributed by atoms with Gasteiger partial charge in [-0.1, -0.05) is 41.6 Å². The molecule has 1 aliphatic rings. The number of hydrogen-bond acceptors (Lipinski definition) is 4. The quantitative estimate of drug-likeness (QED) is 0.800. The first-order valence-corrected chi connectivity index (χ1v) is 7.41. The van der Waals surface area contributed by atoms with Crippen LogP contribution in [-0.4, -0.2) is 23.2 Å². The highest BCUT2D eigenvalue weighted by Crippen LogP contribution is 2.23. The summed E-state index contributed by atoms with van der Waals surface area (Å²) in [4.78, 5) is 4.55. The maximum atomic E-state index is 5.40. The fourth-order valence-electron chi connectivity index (χ4n) is 2.92. The lowest BCUT2D eigenvalue weighted by molar-refractivity contribution is 0.358. The average Bonchev–Trinajstić information content (AvgIpc) is 3.19. The van der Waals surface area contributed by atoms with Crippen LogP contribution in [0.2, 0.25) is 0 Å². The van der Waals surface area contributed by atoms with Gasteiger partial charge in [0, 0.05) is 12.0 Å². The summed E-state index contributed by atoms with van der Waals surface area (Å²) in [6.07, 6.45) is 2.06. The molecule has 2 heterocycles. The number of fused-ring (bicyclic) bond motifs is 1. The predicted molar refractivity (Wildman–Crippen MR) is 81.9 cm³/mol. The van der Waals surface area contributed by atoms with Gasteiger partial charge < -0.3 is 9.84 Å². The molecular formula is C17H17N3O. The average molecular weight is 279 g/mol. The molecule has 4 nitrogen and oxygen atoms in total. The molecule has 1 N–H and O–H groups in total. The van der Waals surface area contributed by atoms with E-state index in [0.29, 0.717) is 11.7 Å². The van der Waals surface area contributed by atoms with Crippen molar-refractivity contribution in [2.45, 2.75) is 12.8 Å². The van der Waals surface area contributed by atoms with Crippen molar-refractivity contribution in [1.82, 2.24) is 15.5 Å². The zero-order valence-corrected chi connectivity index (χ0v) is 11.7. The second-order valence-corrected chi connectivity index (χ2v) is 5.64. The summed E-state index contributed by atoms with van der Waals surface area (Å²) in [6, 6.07) is 14.6. The number of nitrogens with one attached hydrogen (secondary N) is 1.